The van der Waals surface area contributed by atoms with Crippen molar-refractivity contribution in [2.45, 2.75) is 6.54 Å². The van der Waals surface area contributed by atoms with Crippen LogP contribution in [0.25, 0.3) is 0 Å². The number of benzene rings is 1. The second-order valence-corrected chi connectivity index (χ2v) is 7.74. The number of carbonyl (C=O) groups is 2. The SMILES string of the molecule is CN(Cc1ccc(Br)s1)C(=O)CN1C(=O)COc2ccccc21. The van der Waals surface area contributed by atoms with Gasteiger partial charge in [0.1, 0.15) is 12.3 Å². The third-order valence-electron chi connectivity index (χ3n) is 3.55. The van der Waals surface area contributed by atoms with Gasteiger partial charge in [-0.2, -0.15) is 0 Å². The summed E-state index contributed by atoms with van der Waals surface area (Å²) in [6.45, 7) is 0.503. The van der Waals surface area contributed by atoms with Crippen molar-refractivity contribution in [2.75, 3.05) is 25.1 Å². The van der Waals surface area contributed by atoms with Gasteiger partial charge in [0, 0.05) is 11.9 Å². The monoisotopic (exact) mass is 394 g/mol. The van der Waals surface area contributed by atoms with Crippen molar-refractivity contribution in [3.63, 3.8) is 0 Å². The molecule has 0 atom stereocenters. The molecule has 0 aliphatic carbocycles. The minimum absolute atomic E-state index is 0.0161. The van der Waals surface area contributed by atoms with E-state index in [1.807, 2.05) is 24.3 Å². The molecule has 1 aliphatic heterocycles. The number of amides is 2. The third kappa shape index (κ3) is 3.56. The normalized spacial score (nSPS) is 13.5. The van der Waals surface area contributed by atoms with Gasteiger partial charge in [0.25, 0.3) is 5.91 Å². The maximum atomic E-state index is 12.5. The van der Waals surface area contributed by atoms with Crippen LogP contribution in [0.15, 0.2) is 40.2 Å². The molecule has 0 spiro atoms. The first-order valence-corrected chi connectivity index (χ1v) is 8.66. The van der Waals surface area contributed by atoms with Gasteiger partial charge >= 0.3 is 0 Å². The summed E-state index contributed by atoms with van der Waals surface area (Å²) >= 11 is 5.00. The first-order valence-electron chi connectivity index (χ1n) is 7.05. The summed E-state index contributed by atoms with van der Waals surface area (Å²) in [5.41, 5.74) is 0.643. The number of hydrogen-bond donors (Lipinski definition) is 0. The van der Waals surface area contributed by atoms with Gasteiger partial charge in [0.15, 0.2) is 6.61 Å². The Morgan fingerprint density at radius 2 is 2.13 bits per heavy atom. The summed E-state index contributed by atoms with van der Waals surface area (Å²) in [6.07, 6.45) is 0. The average Bonchev–Trinajstić information content (AvgIpc) is 2.95. The molecule has 0 unspecified atom stereocenters. The molecule has 0 saturated carbocycles. The molecule has 0 N–H and O–H groups in total. The molecule has 7 heteroatoms. The Hall–Kier alpha value is -1.86. The van der Waals surface area contributed by atoms with E-state index >= 15 is 0 Å². The van der Waals surface area contributed by atoms with E-state index in [1.165, 1.54) is 4.90 Å². The fourth-order valence-corrected chi connectivity index (χ4v) is 3.88. The Morgan fingerprint density at radius 3 is 2.87 bits per heavy atom. The summed E-state index contributed by atoms with van der Waals surface area (Å²) in [5.74, 6) is 0.314. The molecular weight excluding hydrogens is 380 g/mol. The van der Waals surface area contributed by atoms with Crippen LogP contribution in [0, 0.1) is 0 Å². The van der Waals surface area contributed by atoms with Crippen molar-refractivity contribution < 1.29 is 14.3 Å². The van der Waals surface area contributed by atoms with Crippen LogP contribution in [0.4, 0.5) is 5.69 Å². The lowest BCUT2D eigenvalue weighted by Gasteiger charge is -2.30. The molecule has 120 valence electrons. The number of ether oxygens (including phenoxy) is 1. The molecule has 0 fully saturated rings. The maximum absolute atomic E-state index is 12.5. The Bertz CT molecular complexity index is 746. The lowest BCUT2D eigenvalue weighted by molar-refractivity contribution is -0.131. The van der Waals surface area contributed by atoms with Crippen LogP contribution in [0.1, 0.15) is 4.88 Å². The van der Waals surface area contributed by atoms with Crippen LogP contribution in [-0.4, -0.2) is 36.9 Å². The first kappa shape index (κ1) is 16.0. The Morgan fingerprint density at radius 1 is 1.35 bits per heavy atom. The zero-order chi connectivity index (χ0) is 16.4. The van der Waals surface area contributed by atoms with Gasteiger partial charge in [-0.05, 0) is 40.2 Å². The number of para-hydroxylation sites is 2. The lowest BCUT2D eigenvalue weighted by Crippen LogP contribution is -2.45. The van der Waals surface area contributed by atoms with Crippen LogP contribution < -0.4 is 9.64 Å². The fraction of sp³-hybridized carbons (Fsp3) is 0.250. The summed E-state index contributed by atoms with van der Waals surface area (Å²) in [5, 5.41) is 0. The van der Waals surface area contributed by atoms with Gasteiger partial charge in [-0.15, -0.1) is 11.3 Å². The highest BCUT2D eigenvalue weighted by atomic mass is 79.9. The summed E-state index contributed by atoms with van der Waals surface area (Å²) < 4.78 is 6.42. The van der Waals surface area contributed by atoms with Gasteiger partial charge < -0.3 is 9.64 Å². The molecule has 2 heterocycles. The van der Waals surface area contributed by atoms with Crippen molar-refractivity contribution in [1.29, 1.82) is 0 Å². The van der Waals surface area contributed by atoms with Crippen molar-refractivity contribution in [3.8, 4) is 5.75 Å². The van der Waals surface area contributed by atoms with Crippen molar-refractivity contribution in [2.24, 2.45) is 0 Å². The van der Waals surface area contributed by atoms with Gasteiger partial charge in [-0.1, -0.05) is 12.1 Å². The summed E-state index contributed by atoms with van der Waals surface area (Å²) in [6, 6.07) is 11.2. The van der Waals surface area contributed by atoms with E-state index in [1.54, 1.807) is 35.4 Å². The smallest absolute Gasteiger partial charge is 0.265 e. The Kier molecular flexibility index (Phi) is 4.68. The fourth-order valence-electron chi connectivity index (χ4n) is 2.34. The summed E-state index contributed by atoms with van der Waals surface area (Å²) in [7, 11) is 1.74. The number of rotatable bonds is 4. The van der Waals surface area contributed by atoms with Gasteiger partial charge in [0.2, 0.25) is 5.91 Å². The zero-order valence-corrected chi connectivity index (χ0v) is 14.9. The third-order valence-corrected chi connectivity index (χ3v) is 5.16. The minimum atomic E-state index is -0.204. The molecule has 0 bridgehead atoms. The topological polar surface area (TPSA) is 49.9 Å². The highest BCUT2D eigenvalue weighted by molar-refractivity contribution is 9.11. The van der Waals surface area contributed by atoms with E-state index in [4.69, 9.17) is 4.74 Å². The van der Waals surface area contributed by atoms with Crippen molar-refractivity contribution in [1.82, 2.24) is 4.90 Å². The van der Waals surface area contributed by atoms with Gasteiger partial charge in [0.05, 0.1) is 16.0 Å². The largest absolute Gasteiger partial charge is 0.482 e. The quantitative estimate of drug-likeness (QED) is 0.800. The number of likely N-dealkylation sites (N-methyl/N-ethyl adjacent to an activating group) is 1. The maximum Gasteiger partial charge on any atom is 0.265 e. The highest BCUT2D eigenvalue weighted by Gasteiger charge is 2.27. The van der Waals surface area contributed by atoms with E-state index in [2.05, 4.69) is 15.9 Å². The second kappa shape index (κ2) is 6.72. The van der Waals surface area contributed by atoms with Crippen LogP contribution in [0.3, 0.4) is 0 Å². The van der Waals surface area contributed by atoms with Crippen LogP contribution in [0.5, 0.6) is 5.75 Å². The number of halogens is 1. The molecule has 3 rings (SSSR count). The number of nitrogens with zero attached hydrogens (tertiary/aromatic N) is 2. The van der Waals surface area contributed by atoms with Crippen molar-refractivity contribution in [3.05, 3.63) is 45.1 Å². The number of thiophene rings is 1. The molecule has 23 heavy (non-hydrogen) atoms. The van der Waals surface area contributed by atoms with Crippen LogP contribution in [-0.2, 0) is 16.1 Å². The standard InChI is InChI=1S/C16H15BrN2O3S/c1-18(8-11-6-7-14(17)23-11)15(20)9-19-12-4-2-3-5-13(12)22-10-16(19)21/h2-7H,8-10H2,1H3. The molecule has 1 aliphatic rings. The van der Waals surface area contributed by atoms with E-state index in [0.717, 1.165) is 8.66 Å². The highest BCUT2D eigenvalue weighted by Crippen LogP contribution is 2.31. The van der Waals surface area contributed by atoms with E-state index in [0.29, 0.717) is 18.0 Å². The molecule has 5 nitrogen and oxygen atoms in total. The van der Waals surface area contributed by atoms with Gasteiger partial charge in [-0.25, -0.2) is 0 Å². The average molecular weight is 395 g/mol. The van der Waals surface area contributed by atoms with Crippen LogP contribution in [0.2, 0.25) is 0 Å². The second-order valence-electron chi connectivity index (χ2n) is 5.19. The predicted molar refractivity (Wildman–Crippen MR) is 92.8 cm³/mol. The Balaban J connectivity index is 1.70. The minimum Gasteiger partial charge on any atom is -0.482 e. The van der Waals surface area contributed by atoms with E-state index < -0.39 is 0 Å². The molecular formula is C16H15BrN2O3S. The number of hydrogen-bond acceptors (Lipinski definition) is 4. The molecule has 1 aromatic heterocycles. The number of fused-ring (bicyclic) bond motifs is 1. The molecule has 0 saturated heterocycles. The Labute approximate surface area is 146 Å². The van der Waals surface area contributed by atoms with Crippen molar-refractivity contribution >= 4 is 44.8 Å². The predicted octanol–water partition coefficient (Wildman–Crippen LogP) is 2.89. The number of anilines is 1. The van der Waals surface area contributed by atoms with Crippen LogP contribution >= 0.6 is 27.3 Å². The molecule has 2 aromatic rings. The number of carbonyl (C=O) groups excluding carboxylic acids is 2. The lowest BCUT2D eigenvalue weighted by atomic mass is 10.2. The summed E-state index contributed by atoms with van der Waals surface area (Å²) in [4.78, 5) is 28.8. The zero-order valence-electron chi connectivity index (χ0n) is 12.5. The van der Waals surface area contributed by atoms with E-state index in [9.17, 15) is 9.59 Å². The molecule has 1 aromatic carbocycles. The van der Waals surface area contributed by atoms with Gasteiger partial charge in [-0.3, -0.25) is 14.5 Å². The molecule has 0 radical (unpaired) electrons. The molecule has 2 amide bonds. The van der Waals surface area contributed by atoms with E-state index in [-0.39, 0.29) is 25.0 Å². The first-order chi connectivity index (χ1) is 11.0.